The Morgan fingerprint density at radius 3 is 1.94 bits per heavy atom. The van der Waals surface area contributed by atoms with Gasteiger partial charge < -0.3 is 14.3 Å². The first-order chi connectivity index (χ1) is 8.09. The zero-order valence-corrected chi connectivity index (χ0v) is 11.5. The van der Waals surface area contributed by atoms with Crippen molar-refractivity contribution < 1.29 is 32.6 Å². The van der Waals surface area contributed by atoms with Gasteiger partial charge in [-0.25, -0.2) is 9.13 Å². The molecule has 1 atom stereocenters. The van der Waals surface area contributed by atoms with E-state index < -0.39 is 15.6 Å². The molecule has 0 aliphatic rings. The molecule has 0 spiro atoms. The minimum absolute atomic E-state index is 0.0151. The fraction of sp³-hybridized carbons (Fsp3) is 0.333. The van der Waals surface area contributed by atoms with E-state index in [1.54, 1.807) is 12.1 Å². The highest BCUT2D eigenvalue weighted by molar-refractivity contribution is 7.60. The van der Waals surface area contributed by atoms with Crippen LogP contribution in [0.5, 0.6) is 5.75 Å². The van der Waals surface area contributed by atoms with Crippen molar-refractivity contribution in [3.8, 4) is 5.75 Å². The molecule has 7 nitrogen and oxygen atoms in total. The first kappa shape index (κ1) is 15.4. The molecule has 0 aromatic heterocycles. The van der Waals surface area contributed by atoms with Gasteiger partial charge in [0.05, 0.1) is 0 Å². The van der Waals surface area contributed by atoms with Crippen LogP contribution in [-0.2, 0) is 13.4 Å². The molecule has 0 aliphatic carbocycles. The van der Waals surface area contributed by atoms with Gasteiger partial charge in [-0.05, 0) is 23.6 Å². The monoisotopic (exact) mass is 296 g/mol. The van der Waals surface area contributed by atoms with Gasteiger partial charge in [0.1, 0.15) is 5.75 Å². The minimum atomic E-state index is -5.09. The molecule has 0 saturated heterocycles. The van der Waals surface area contributed by atoms with Crippen LogP contribution >= 0.6 is 15.6 Å². The lowest BCUT2D eigenvalue weighted by Gasteiger charge is -2.13. The Morgan fingerprint density at radius 1 is 1.06 bits per heavy atom. The van der Waals surface area contributed by atoms with Crippen LogP contribution in [0.3, 0.4) is 0 Å². The summed E-state index contributed by atoms with van der Waals surface area (Å²) in [6.07, 6.45) is 0. The van der Waals surface area contributed by atoms with Gasteiger partial charge in [-0.2, -0.15) is 4.31 Å². The van der Waals surface area contributed by atoms with Crippen LogP contribution in [-0.4, -0.2) is 14.7 Å². The molecular formula is C9H14O7P2. The largest absolute Gasteiger partial charge is 0.536 e. The normalized spacial score (nSPS) is 15.4. The molecule has 1 unspecified atom stereocenters. The molecule has 102 valence electrons. The van der Waals surface area contributed by atoms with E-state index in [0.29, 0.717) is 0 Å². The van der Waals surface area contributed by atoms with Crippen molar-refractivity contribution in [2.24, 2.45) is 0 Å². The maximum absolute atomic E-state index is 11.2. The van der Waals surface area contributed by atoms with Crippen LogP contribution in [0.15, 0.2) is 24.3 Å². The highest BCUT2D eigenvalue weighted by Gasteiger charge is 2.33. The second-order valence-electron chi connectivity index (χ2n) is 3.86. The highest BCUT2D eigenvalue weighted by atomic mass is 31.3. The minimum Gasteiger partial charge on any atom is -0.404 e. The van der Waals surface area contributed by atoms with E-state index in [2.05, 4.69) is 8.83 Å². The Labute approximate surface area is 104 Å². The van der Waals surface area contributed by atoms with Crippen LogP contribution in [0.25, 0.3) is 0 Å². The summed E-state index contributed by atoms with van der Waals surface area (Å²) in [6.45, 7) is 3.95. The average molecular weight is 296 g/mol. The van der Waals surface area contributed by atoms with E-state index in [1.807, 2.05) is 13.8 Å². The molecule has 18 heavy (non-hydrogen) atoms. The van der Waals surface area contributed by atoms with Gasteiger partial charge in [0.15, 0.2) is 0 Å². The van der Waals surface area contributed by atoms with Gasteiger partial charge in [0.25, 0.3) is 0 Å². The predicted molar refractivity (Wildman–Crippen MR) is 64.1 cm³/mol. The number of hydrogen-bond donors (Lipinski definition) is 3. The molecule has 0 saturated carbocycles. The predicted octanol–water partition coefficient (Wildman–Crippen LogP) is 2.40. The molecule has 1 aromatic rings. The molecule has 1 aromatic carbocycles. The van der Waals surface area contributed by atoms with Crippen LogP contribution < -0.4 is 4.52 Å². The van der Waals surface area contributed by atoms with Gasteiger partial charge in [-0.1, -0.05) is 26.0 Å². The SMILES string of the molecule is CC(C)c1ccc(OP(=O)(O)OP(=O)(O)O)cc1. The van der Waals surface area contributed by atoms with Crippen LogP contribution in [0, 0.1) is 0 Å². The number of hydrogen-bond acceptors (Lipinski definition) is 4. The van der Waals surface area contributed by atoms with Crippen molar-refractivity contribution in [1.82, 2.24) is 0 Å². The van der Waals surface area contributed by atoms with E-state index in [9.17, 15) is 9.13 Å². The smallest absolute Gasteiger partial charge is 0.404 e. The Balaban J connectivity index is 2.78. The summed E-state index contributed by atoms with van der Waals surface area (Å²) < 4.78 is 29.8. The molecule has 0 radical (unpaired) electrons. The zero-order chi connectivity index (χ0) is 14.0. The lowest BCUT2D eigenvalue weighted by atomic mass is 10.0. The Morgan fingerprint density at radius 2 is 1.56 bits per heavy atom. The van der Waals surface area contributed by atoms with Crippen LogP contribution in [0.2, 0.25) is 0 Å². The van der Waals surface area contributed by atoms with E-state index in [4.69, 9.17) is 14.7 Å². The zero-order valence-electron chi connectivity index (χ0n) is 9.76. The van der Waals surface area contributed by atoms with Crippen molar-refractivity contribution >= 4 is 15.6 Å². The van der Waals surface area contributed by atoms with Gasteiger partial charge in [0.2, 0.25) is 0 Å². The fourth-order valence-electron chi connectivity index (χ4n) is 1.20. The molecule has 3 N–H and O–H groups in total. The number of phosphoric acid groups is 2. The van der Waals surface area contributed by atoms with E-state index in [0.717, 1.165) is 5.56 Å². The first-order valence-electron chi connectivity index (χ1n) is 4.98. The molecule has 0 heterocycles. The van der Waals surface area contributed by atoms with Gasteiger partial charge in [0, 0.05) is 0 Å². The number of phosphoric ester groups is 1. The maximum atomic E-state index is 11.2. The molecule has 0 fully saturated rings. The third kappa shape index (κ3) is 5.31. The third-order valence-electron chi connectivity index (χ3n) is 1.98. The fourth-order valence-corrected chi connectivity index (χ4v) is 2.79. The Hall–Kier alpha value is -0.680. The van der Waals surface area contributed by atoms with E-state index in [1.165, 1.54) is 12.1 Å². The Kier molecular flexibility index (Phi) is 4.72. The second-order valence-corrected chi connectivity index (χ2v) is 6.61. The van der Waals surface area contributed by atoms with Gasteiger partial charge >= 0.3 is 15.6 Å². The van der Waals surface area contributed by atoms with Crippen molar-refractivity contribution in [2.45, 2.75) is 19.8 Å². The standard InChI is InChI=1S/C9H14O7P2/c1-7(2)8-3-5-9(6-4-8)15-18(13,14)16-17(10,11)12/h3-7H,1-2H3,(H,13,14)(H2,10,11,12). The topological polar surface area (TPSA) is 113 Å². The third-order valence-corrected chi connectivity index (χ3v) is 4.09. The summed E-state index contributed by atoms with van der Waals surface area (Å²) >= 11 is 0. The van der Waals surface area contributed by atoms with Crippen molar-refractivity contribution in [3.05, 3.63) is 29.8 Å². The first-order valence-corrected chi connectivity index (χ1v) is 8.01. The summed E-state index contributed by atoms with van der Waals surface area (Å²) in [4.78, 5) is 26.0. The molecule has 1 rings (SSSR count). The molecule has 0 amide bonds. The maximum Gasteiger partial charge on any atom is 0.536 e. The number of benzene rings is 1. The van der Waals surface area contributed by atoms with Crippen LogP contribution in [0.4, 0.5) is 0 Å². The molecule has 0 aliphatic heterocycles. The quantitative estimate of drug-likeness (QED) is 0.715. The Bertz CT molecular complexity index is 490. The summed E-state index contributed by atoms with van der Waals surface area (Å²) in [5, 5.41) is 0. The second kappa shape index (κ2) is 5.53. The van der Waals surface area contributed by atoms with Crippen molar-refractivity contribution in [1.29, 1.82) is 0 Å². The lowest BCUT2D eigenvalue weighted by Crippen LogP contribution is -1.96. The highest BCUT2D eigenvalue weighted by Crippen LogP contribution is 2.57. The lowest BCUT2D eigenvalue weighted by molar-refractivity contribution is 0.229. The van der Waals surface area contributed by atoms with Crippen LogP contribution in [0.1, 0.15) is 25.3 Å². The average Bonchev–Trinajstić information content (AvgIpc) is 2.13. The molecular weight excluding hydrogens is 282 g/mol. The van der Waals surface area contributed by atoms with Gasteiger partial charge in [-0.3, -0.25) is 4.89 Å². The van der Waals surface area contributed by atoms with Crippen molar-refractivity contribution in [2.75, 3.05) is 0 Å². The van der Waals surface area contributed by atoms with E-state index in [-0.39, 0.29) is 11.7 Å². The summed E-state index contributed by atoms with van der Waals surface area (Å²) in [7, 11) is -9.93. The molecule has 0 bridgehead atoms. The van der Waals surface area contributed by atoms with Gasteiger partial charge in [-0.15, -0.1) is 0 Å². The number of rotatable bonds is 5. The summed E-state index contributed by atoms with van der Waals surface area (Å²) in [5.41, 5.74) is 0.992. The summed E-state index contributed by atoms with van der Waals surface area (Å²) in [6, 6.07) is 6.19. The van der Waals surface area contributed by atoms with E-state index >= 15 is 0 Å². The summed E-state index contributed by atoms with van der Waals surface area (Å²) in [5.74, 6) is 0.269. The molecule has 9 heteroatoms. The van der Waals surface area contributed by atoms with Crippen molar-refractivity contribution in [3.63, 3.8) is 0 Å².